The fraction of sp³-hybridized carbons (Fsp3) is 0.0196. The number of para-hydroxylation sites is 4. The van der Waals surface area contributed by atoms with E-state index in [1.807, 2.05) is 11.3 Å². The van der Waals surface area contributed by atoms with Crippen LogP contribution in [0.3, 0.4) is 0 Å². The van der Waals surface area contributed by atoms with Crippen LogP contribution in [0.4, 0.5) is 34.1 Å². The maximum absolute atomic E-state index is 2.45. The van der Waals surface area contributed by atoms with Crippen LogP contribution in [0.15, 0.2) is 206 Å². The number of nitrogens with zero attached hydrogens (tertiary/aromatic N) is 2. The topological polar surface area (TPSA) is 6.48 Å². The van der Waals surface area contributed by atoms with Crippen molar-refractivity contribution in [1.82, 2.24) is 0 Å². The van der Waals surface area contributed by atoms with Gasteiger partial charge in [-0.15, -0.1) is 11.3 Å². The summed E-state index contributed by atoms with van der Waals surface area (Å²) in [7, 11) is 0. The van der Waals surface area contributed by atoms with Crippen molar-refractivity contribution in [2.75, 3.05) is 9.80 Å². The molecule has 1 heterocycles. The number of fused-ring (bicyclic) bond motifs is 12. The minimum Gasteiger partial charge on any atom is -0.310 e. The fourth-order valence-corrected chi connectivity index (χ4v) is 10.5. The molecular weight excluding hydrogens is 673 g/mol. The average Bonchev–Trinajstić information content (AvgIpc) is 3.86. The third-order valence-corrected chi connectivity index (χ3v) is 12.5. The Balaban J connectivity index is 1.18. The van der Waals surface area contributed by atoms with Crippen molar-refractivity contribution < 1.29 is 0 Å². The van der Waals surface area contributed by atoms with Gasteiger partial charge in [0.1, 0.15) is 0 Å². The summed E-state index contributed by atoms with van der Waals surface area (Å²) in [5.74, 6) is 0. The van der Waals surface area contributed by atoms with Gasteiger partial charge in [0.05, 0.1) is 5.41 Å². The van der Waals surface area contributed by atoms with E-state index in [9.17, 15) is 0 Å². The van der Waals surface area contributed by atoms with Crippen molar-refractivity contribution in [2.24, 2.45) is 0 Å². The Bertz CT molecular complexity index is 2750. The van der Waals surface area contributed by atoms with Crippen LogP contribution in [0.25, 0.3) is 32.3 Å². The summed E-state index contributed by atoms with van der Waals surface area (Å²) in [6, 6.07) is 75.3. The Morgan fingerprint density at radius 3 is 1.31 bits per heavy atom. The van der Waals surface area contributed by atoms with Crippen molar-refractivity contribution in [3.63, 3.8) is 0 Å². The van der Waals surface area contributed by atoms with E-state index in [0.29, 0.717) is 0 Å². The molecule has 0 fully saturated rings. The summed E-state index contributed by atoms with van der Waals surface area (Å²) < 4.78 is 1.32. The van der Waals surface area contributed by atoms with Crippen molar-refractivity contribution >= 4 is 55.5 Å². The van der Waals surface area contributed by atoms with Gasteiger partial charge in [-0.2, -0.15) is 0 Å². The maximum atomic E-state index is 2.45. The van der Waals surface area contributed by atoms with Gasteiger partial charge >= 0.3 is 0 Å². The largest absolute Gasteiger partial charge is 0.310 e. The summed E-state index contributed by atoms with van der Waals surface area (Å²) in [6.07, 6.45) is 0. The lowest BCUT2D eigenvalue weighted by Crippen LogP contribution is -2.25. The zero-order valence-corrected chi connectivity index (χ0v) is 30.2. The number of benzene rings is 8. The first-order chi connectivity index (χ1) is 26.8. The first-order valence-electron chi connectivity index (χ1n) is 18.5. The molecule has 1 spiro atoms. The van der Waals surface area contributed by atoms with E-state index in [4.69, 9.17) is 0 Å². The number of anilines is 6. The van der Waals surface area contributed by atoms with Crippen molar-refractivity contribution in [3.8, 4) is 22.3 Å². The summed E-state index contributed by atoms with van der Waals surface area (Å²) in [4.78, 5) is 6.16. The number of thiophene rings is 1. The van der Waals surface area contributed by atoms with Gasteiger partial charge in [0.25, 0.3) is 0 Å². The number of rotatable bonds is 6. The molecule has 1 aromatic heterocycles. The molecular formula is C51H34N2S. The molecule has 0 aliphatic heterocycles. The molecule has 2 aliphatic rings. The molecule has 11 rings (SSSR count). The lowest BCUT2D eigenvalue weighted by molar-refractivity contribution is 0.811. The first kappa shape index (κ1) is 30.9. The van der Waals surface area contributed by atoms with Gasteiger partial charge in [0, 0.05) is 54.7 Å². The SMILES string of the molecule is c1ccc(N(c2ccccc2)c2ccc3c(c2)-c2ccccc2C32c3ccc(N(c4ccccc4)c4ccccc4)cc3-c3c2sc2ccccc32)cc1. The van der Waals surface area contributed by atoms with Crippen LogP contribution < -0.4 is 9.80 Å². The van der Waals surface area contributed by atoms with E-state index in [1.165, 1.54) is 53.9 Å². The highest BCUT2D eigenvalue weighted by molar-refractivity contribution is 7.20. The van der Waals surface area contributed by atoms with Gasteiger partial charge in [0.15, 0.2) is 0 Å². The van der Waals surface area contributed by atoms with Crippen LogP contribution in [-0.2, 0) is 5.41 Å². The zero-order chi connectivity index (χ0) is 35.6. The van der Waals surface area contributed by atoms with E-state index in [2.05, 4.69) is 216 Å². The van der Waals surface area contributed by atoms with Gasteiger partial charge in [-0.25, -0.2) is 0 Å². The lowest BCUT2D eigenvalue weighted by atomic mass is 9.74. The molecule has 1 atom stereocenters. The molecule has 0 bridgehead atoms. The highest BCUT2D eigenvalue weighted by Crippen LogP contribution is 2.66. The van der Waals surface area contributed by atoms with Gasteiger partial charge < -0.3 is 9.80 Å². The average molecular weight is 707 g/mol. The van der Waals surface area contributed by atoms with E-state index in [0.717, 1.165) is 34.1 Å². The van der Waals surface area contributed by atoms with Gasteiger partial charge in [-0.1, -0.05) is 127 Å². The van der Waals surface area contributed by atoms with E-state index in [-0.39, 0.29) is 0 Å². The second-order valence-electron chi connectivity index (χ2n) is 14.1. The van der Waals surface area contributed by atoms with Crippen LogP contribution >= 0.6 is 11.3 Å². The summed E-state index contributed by atoms with van der Waals surface area (Å²) in [5, 5.41) is 1.32. The molecule has 0 radical (unpaired) electrons. The second-order valence-corrected chi connectivity index (χ2v) is 15.1. The molecule has 8 aromatic carbocycles. The van der Waals surface area contributed by atoms with E-state index < -0.39 is 5.41 Å². The molecule has 0 saturated heterocycles. The third kappa shape index (κ3) is 4.46. The standard InChI is InChI=1S/C51H34N2S/c1-5-17-35(18-6-1)52(36-19-7-2-8-20-36)39-29-31-46-43(33-39)41-25-13-15-27-45(41)51(46)47-32-30-40(34-44(47)49-42-26-14-16-28-48(42)54-50(49)51)53(37-21-9-3-10-22-37)38-23-11-4-12-24-38/h1-34H. The summed E-state index contributed by atoms with van der Waals surface area (Å²) >= 11 is 1.95. The molecule has 3 heteroatoms. The normalized spacial score (nSPS) is 14.7. The van der Waals surface area contributed by atoms with E-state index in [1.54, 1.807) is 0 Å². The molecule has 0 amide bonds. The van der Waals surface area contributed by atoms with Gasteiger partial charge in [-0.3, -0.25) is 0 Å². The van der Waals surface area contributed by atoms with Crippen molar-refractivity contribution in [1.29, 1.82) is 0 Å². The second kappa shape index (κ2) is 12.2. The molecule has 2 nitrogen and oxygen atoms in total. The first-order valence-corrected chi connectivity index (χ1v) is 19.3. The van der Waals surface area contributed by atoms with Crippen molar-refractivity contribution in [2.45, 2.75) is 5.41 Å². The maximum Gasteiger partial charge on any atom is 0.0819 e. The Morgan fingerprint density at radius 2 is 0.759 bits per heavy atom. The van der Waals surface area contributed by atoms with Crippen LogP contribution in [0.1, 0.15) is 21.6 Å². The van der Waals surface area contributed by atoms with Crippen LogP contribution in [0.2, 0.25) is 0 Å². The Hall–Kier alpha value is -6.68. The fourth-order valence-electron chi connectivity index (χ4n) is 9.05. The number of hydrogen-bond donors (Lipinski definition) is 0. The van der Waals surface area contributed by atoms with Gasteiger partial charge in [-0.05, 0) is 112 Å². The van der Waals surface area contributed by atoms with E-state index >= 15 is 0 Å². The molecule has 0 saturated carbocycles. The summed E-state index contributed by atoms with van der Waals surface area (Å²) in [5.41, 5.74) is 15.7. The highest BCUT2D eigenvalue weighted by Gasteiger charge is 2.53. The smallest absolute Gasteiger partial charge is 0.0819 e. The van der Waals surface area contributed by atoms with Crippen LogP contribution in [0.5, 0.6) is 0 Å². The Labute approximate surface area is 319 Å². The van der Waals surface area contributed by atoms with Crippen LogP contribution in [0, 0.1) is 0 Å². The molecule has 0 N–H and O–H groups in total. The molecule has 2 aliphatic carbocycles. The predicted octanol–water partition coefficient (Wildman–Crippen LogP) is 14.2. The quantitative estimate of drug-likeness (QED) is 0.170. The highest BCUT2D eigenvalue weighted by atomic mass is 32.1. The van der Waals surface area contributed by atoms with Crippen LogP contribution in [-0.4, -0.2) is 0 Å². The third-order valence-electron chi connectivity index (χ3n) is 11.2. The Kier molecular flexibility index (Phi) is 6.98. The summed E-state index contributed by atoms with van der Waals surface area (Å²) in [6.45, 7) is 0. The molecule has 9 aromatic rings. The minimum absolute atomic E-state index is 0.439. The van der Waals surface area contributed by atoms with Crippen molar-refractivity contribution in [3.05, 3.63) is 228 Å². The Morgan fingerprint density at radius 1 is 0.333 bits per heavy atom. The molecule has 1 unspecified atom stereocenters. The zero-order valence-electron chi connectivity index (χ0n) is 29.4. The minimum atomic E-state index is -0.439. The number of hydrogen-bond acceptors (Lipinski definition) is 3. The predicted molar refractivity (Wildman–Crippen MR) is 227 cm³/mol. The monoisotopic (exact) mass is 706 g/mol. The lowest BCUT2D eigenvalue weighted by Gasteiger charge is -2.31. The molecule has 54 heavy (non-hydrogen) atoms. The molecule has 254 valence electrons. The van der Waals surface area contributed by atoms with Gasteiger partial charge in [0.2, 0.25) is 0 Å².